The molecule has 2 aliphatic rings. The fourth-order valence-electron chi connectivity index (χ4n) is 8.86. The maximum Gasteiger partial charge on any atom is 0.133 e. The van der Waals surface area contributed by atoms with Crippen LogP contribution in [0.4, 0.5) is 0 Å². The molecule has 0 N–H and O–H groups in total. The molecule has 250 valence electrons. The van der Waals surface area contributed by atoms with Crippen LogP contribution in [0.1, 0.15) is 111 Å². The fraction of sp³-hybridized carbons (Fsp3) is 0.319. The summed E-state index contributed by atoms with van der Waals surface area (Å²) in [5, 5.41) is 0. The Morgan fingerprint density at radius 2 is 1.12 bits per heavy atom. The molecule has 0 amide bonds. The average molecular weight is 661 g/mol. The molecule has 7 rings (SSSR count). The van der Waals surface area contributed by atoms with Crippen LogP contribution in [0.3, 0.4) is 0 Å². The van der Waals surface area contributed by atoms with Gasteiger partial charge in [-0.25, -0.2) is 0 Å². The summed E-state index contributed by atoms with van der Waals surface area (Å²) in [5.74, 6) is 1.04. The zero-order valence-electron chi connectivity index (χ0n) is 31.4. The molecule has 0 saturated carbocycles. The van der Waals surface area contributed by atoms with Crippen LogP contribution in [0.15, 0.2) is 107 Å². The minimum Gasteiger partial charge on any atom is -0.464 e. The number of aryl methyl sites for hydroxylation is 1. The van der Waals surface area contributed by atoms with Crippen molar-refractivity contribution in [2.75, 3.05) is 0 Å². The highest BCUT2D eigenvalue weighted by Gasteiger charge is 2.50. The zero-order chi connectivity index (χ0) is 35.0. The Kier molecular flexibility index (Phi) is 7.99. The summed E-state index contributed by atoms with van der Waals surface area (Å²) in [4.78, 5) is 0. The lowest BCUT2D eigenvalue weighted by molar-refractivity contribution is 0.549. The predicted molar refractivity (Wildman–Crippen MR) is 214 cm³/mol. The van der Waals surface area contributed by atoms with Gasteiger partial charge in [-0.2, -0.15) is 0 Å². The molecular formula is C47H52OSi. The van der Waals surface area contributed by atoms with E-state index in [-0.39, 0.29) is 16.4 Å². The van der Waals surface area contributed by atoms with E-state index in [1.165, 1.54) is 77.9 Å². The SMILES string of the molecule is CC1=C(C)C([Si](C)(C)C2C(c3occc3C)=Cc3c(-c4ccc(C(C)(C)C)cc4)cccc32)c2cccc(-c3ccc(C(C)(C)C)cc3)c21. The molecule has 2 heteroatoms. The van der Waals surface area contributed by atoms with Gasteiger partial charge >= 0.3 is 0 Å². The van der Waals surface area contributed by atoms with Gasteiger partial charge in [-0.05, 0) is 111 Å². The summed E-state index contributed by atoms with van der Waals surface area (Å²) >= 11 is 0. The zero-order valence-corrected chi connectivity index (χ0v) is 32.4. The van der Waals surface area contributed by atoms with Crippen molar-refractivity contribution >= 4 is 25.3 Å². The molecule has 49 heavy (non-hydrogen) atoms. The normalized spacial score (nSPS) is 17.7. The monoisotopic (exact) mass is 660 g/mol. The van der Waals surface area contributed by atoms with Gasteiger partial charge in [-0.1, -0.05) is 145 Å². The topological polar surface area (TPSA) is 13.1 Å². The van der Waals surface area contributed by atoms with E-state index >= 15 is 0 Å². The van der Waals surface area contributed by atoms with E-state index in [4.69, 9.17) is 4.42 Å². The van der Waals surface area contributed by atoms with E-state index < -0.39 is 8.07 Å². The predicted octanol–water partition coefficient (Wildman–Crippen LogP) is 13.5. The molecule has 0 fully saturated rings. The van der Waals surface area contributed by atoms with Gasteiger partial charge < -0.3 is 4.42 Å². The van der Waals surface area contributed by atoms with Crippen LogP contribution in [-0.2, 0) is 10.8 Å². The Morgan fingerprint density at radius 3 is 1.65 bits per heavy atom. The van der Waals surface area contributed by atoms with Crippen LogP contribution in [-0.4, -0.2) is 8.07 Å². The second-order valence-corrected chi connectivity index (χ2v) is 22.1. The Hall–Kier alpha value is -4.14. The summed E-state index contributed by atoms with van der Waals surface area (Å²) < 4.78 is 6.34. The Morgan fingerprint density at radius 1 is 0.592 bits per heavy atom. The number of rotatable bonds is 5. The second kappa shape index (κ2) is 11.7. The molecule has 5 aromatic rings. The van der Waals surface area contributed by atoms with Gasteiger partial charge in [-0.3, -0.25) is 0 Å². The van der Waals surface area contributed by atoms with E-state index in [9.17, 15) is 0 Å². The standard InChI is InChI=1S/C47H52OSi/c1-29-26-27-48-43(29)41-28-40-36(32-18-22-34(23-19-32)46(4,5)6)14-12-16-38(40)45(41)49(10,11)44-31(3)30(2)42-37(15-13-17-39(42)44)33-20-24-35(25-21-33)47(7,8)9/h12-28,44-45H,1-11H3. The van der Waals surface area contributed by atoms with Gasteiger partial charge in [0.2, 0.25) is 0 Å². The summed E-state index contributed by atoms with van der Waals surface area (Å²) in [6.45, 7) is 25.9. The number of hydrogen-bond donors (Lipinski definition) is 0. The molecule has 1 nitrogen and oxygen atoms in total. The molecule has 0 aliphatic heterocycles. The van der Waals surface area contributed by atoms with Crippen LogP contribution < -0.4 is 0 Å². The van der Waals surface area contributed by atoms with Crippen molar-refractivity contribution < 1.29 is 4.42 Å². The highest BCUT2D eigenvalue weighted by molar-refractivity contribution is 6.83. The molecule has 2 aliphatic carbocycles. The number of allylic oxidation sites excluding steroid dienone is 3. The van der Waals surface area contributed by atoms with Crippen LogP contribution in [0, 0.1) is 6.92 Å². The third-order valence-corrected chi connectivity index (χ3v) is 15.9. The van der Waals surface area contributed by atoms with Crippen LogP contribution in [0.2, 0.25) is 13.1 Å². The summed E-state index contributed by atoms with van der Waals surface area (Å²) in [7, 11) is -2.19. The maximum absolute atomic E-state index is 6.34. The fourth-order valence-corrected chi connectivity index (χ4v) is 13.6. The van der Waals surface area contributed by atoms with Crippen molar-refractivity contribution in [3.05, 3.63) is 148 Å². The summed E-state index contributed by atoms with van der Waals surface area (Å²) in [5.41, 5.74) is 20.2. The van der Waals surface area contributed by atoms with E-state index in [1.807, 2.05) is 6.26 Å². The third kappa shape index (κ3) is 5.53. The van der Waals surface area contributed by atoms with Crippen LogP contribution in [0.5, 0.6) is 0 Å². The molecule has 4 aromatic carbocycles. The Bertz CT molecular complexity index is 2120. The highest BCUT2D eigenvalue weighted by Crippen LogP contribution is 2.58. The summed E-state index contributed by atoms with van der Waals surface area (Å²) in [6, 6.07) is 34.7. The van der Waals surface area contributed by atoms with Gasteiger partial charge in [0.15, 0.2) is 0 Å². The van der Waals surface area contributed by atoms with Gasteiger partial charge in [0.25, 0.3) is 0 Å². The average Bonchev–Trinajstić information content (AvgIpc) is 3.73. The smallest absolute Gasteiger partial charge is 0.133 e. The Balaban J connectivity index is 1.37. The van der Waals surface area contributed by atoms with Crippen molar-refractivity contribution in [3.63, 3.8) is 0 Å². The van der Waals surface area contributed by atoms with Crippen molar-refractivity contribution in [2.45, 2.75) is 97.3 Å². The Labute approximate surface area is 295 Å². The third-order valence-electron chi connectivity index (χ3n) is 11.6. The lowest BCUT2D eigenvalue weighted by Gasteiger charge is -2.39. The minimum atomic E-state index is -2.19. The molecule has 0 radical (unpaired) electrons. The van der Waals surface area contributed by atoms with E-state index in [2.05, 4.69) is 172 Å². The molecule has 0 saturated heterocycles. The first-order chi connectivity index (χ1) is 23.1. The molecule has 1 aromatic heterocycles. The molecular weight excluding hydrogens is 609 g/mol. The molecule has 2 atom stereocenters. The lowest BCUT2D eigenvalue weighted by atomic mass is 9.85. The molecule has 0 bridgehead atoms. The largest absolute Gasteiger partial charge is 0.464 e. The van der Waals surface area contributed by atoms with E-state index in [1.54, 1.807) is 0 Å². The van der Waals surface area contributed by atoms with Gasteiger partial charge in [-0.15, -0.1) is 0 Å². The first kappa shape index (κ1) is 33.4. The van der Waals surface area contributed by atoms with Crippen molar-refractivity contribution in [3.8, 4) is 22.3 Å². The van der Waals surface area contributed by atoms with Crippen molar-refractivity contribution in [1.82, 2.24) is 0 Å². The highest BCUT2D eigenvalue weighted by atomic mass is 28.3. The number of furan rings is 1. The summed E-state index contributed by atoms with van der Waals surface area (Å²) in [6.07, 6.45) is 4.34. The van der Waals surface area contributed by atoms with Gasteiger partial charge in [0.1, 0.15) is 5.76 Å². The maximum atomic E-state index is 6.34. The van der Waals surface area contributed by atoms with Gasteiger partial charge in [0.05, 0.1) is 14.3 Å². The van der Waals surface area contributed by atoms with Crippen molar-refractivity contribution in [1.29, 1.82) is 0 Å². The van der Waals surface area contributed by atoms with E-state index in [0.717, 1.165) is 5.76 Å². The van der Waals surface area contributed by atoms with Crippen LogP contribution in [0.25, 0.3) is 39.5 Å². The molecule has 1 heterocycles. The lowest BCUT2D eigenvalue weighted by Crippen LogP contribution is -2.42. The minimum absolute atomic E-state index is 0.124. The molecule has 0 spiro atoms. The van der Waals surface area contributed by atoms with Crippen molar-refractivity contribution in [2.24, 2.45) is 0 Å². The first-order valence-electron chi connectivity index (χ1n) is 18.0. The first-order valence-corrected chi connectivity index (χ1v) is 21.2. The second-order valence-electron chi connectivity index (χ2n) is 17.3. The van der Waals surface area contributed by atoms with E-state index in [0.29, 0.717) is 5.54 Å². The quantitative estimate of drug-likeness (QED) is 0.171. The van der Waals surface area contributed by atoms with Gasteiger partial charge in [0, 0.05) is 16.7 Å². The number of fused-ring (bicyclic) bond motifs is 2. The molecule has 2 unspecified atom stereocenters. The van der Waals surface area contributed by atoms with Crippen LogP contribution >= 0.6 is 0 Å². The number of hydrogen-bond acceptors (Lipinski definition) is 1. The number of benzene rings is 4.